The highest BCUT2D eigenvalue weighted by Crippen LogP contribution is 2.18. The van der Waals surface area contributed by atoms with Gasteiger partial charge in [0.05, 0.1) is 25.4 Å². The zero-order valence-electron chi connectivity index (χ0n) is 9.86. The second-order valence-corrected chi connectivity index (χ2v) is 4.86. The fourth-order valence-corrected chi connectivity index (χ4v) is 1.92. The first kappa shape index (κ1) is 12.3. The van der Waals surface area contributed by atoms with Crippen molar-refractivity contribution in [1.29, 1.82) is 0 Å². The van der Waals surface area contributed by atoms with Crippen molar-refractivity contribution < 1.29 is 14.6 Å². The minimum Gasteiger partial charge on any atom is -0.389 e. The molecular formula is C12H23NO3. The fraction of sp³-hybridized carbons (Fsp3) is 1.00. The summed E-state index contributed by atoms with van der Waals surface area (Å²) in [4.78, 5) is 0. The first-order valence-corrected chi connectivity index (χ1v) is 6.45. The fourth-order valence-electron chi connectivity index (χ4n) is 1.92. The summed E-state index contributed by atoms with van der Waals surface area (Å²) in [6.45, 7) is 2.55. The molecule has 0 aromatic carbocycles. The minimum absolute atomic E-state index is 0.248. The highest BCUT2D eigenvalue weighted by Gasteiger charge is 2.21. The maximum Gasteiger partial charge on any atom is 0.0897 e. The van der Waals surface area contributed by atoms with E-state index in [1.807, 2.05) is 0 Å². The van der Waals surface area contributed by atoms with Gasteiger partial charge < -0.3 is 19.9 Å². The van der Waals surface area contributed by atoms with Crippen molar-refractivity contribution in [3.63, 3.8) is 0 Å². The third-order valence-corrected chi connectivity index (χ3v) is 3.11. The second kappa shape index (κ2) is 6.55. The molecule has 0 aromatic heterocycles. The molecule has 1 aliphatic heterocycles. The molecular weight excluding hydrogens is 206 g/mol. The molecule has 94 valence electrons. The van der Waals surface area contributed by atoms with E-state index in [2.05, 4.69) is 5.32 Å². The highest BCUT2D eigenvalue weighted by molar-refractivity contribution is 4.81. The molecule has 1 heterocycles. The third-order valence-electron chi connectivity index (χ3n) is 3.11. The van der Waals surface area contributed by atoms with E-state index in [0.29, 0.717) is 25.8 Å². The van der Waals surface area contributed by atoms with Crippen LogP contribution in [0.25, 0.3) is 0 Å². The summed E-state index contributed by atoms with van der Waals surface area (Å²) in [6, 6.07) is 0.649. The van der Waals surface area contributed by atoms with Crippen molar-refractivity contribution in [2.24, 2.45) is 0 Å². The Morgan fingerprint density at radius 2 is 2.19 bits per heavy atom. The first-order chi connectivity index (χ1) is 7.84. The van der Waals surface area contributed by atoms with E-state index in [1.54, 1.807) is 0 Å². The van der Waals surface area contributed by atoms with Gasteiger partial charge in [-0.1, -0.05) is 0 Å². The van der Waals surface area contributed by atoms with Crippen molar-refractivity contribution in [3.05, 3.63) is 0 Å². The van der Waals surface area contributed by atoms with Gasteiger partial charge >= 0.3 is 0 Å². The molecule has 1 aliphatic carbocycles. The first-order valence-electron chi connectivity index (χ1n) is 6.45. The Labute approximate surface area is 97.3 Å². The van der Waals surface area contributed by atoms with Gasteiger partial charge in [-0.2, -0.15) is 0 Å². The number of hydrogen-bond acceptors (Lipinski definition) is 4. The average molecular weight is 229 g/mol. The summed E-state index contributed by atoms with van der Waals surface area (Å²) < 4.78 is 11.0. The Morgan fingerprint density at radius 1 is 1.31 bits per heavy atom. The molecule has 0 amide bonds. The van der Waals surface area contributed by atoms with Gasteiger partial charge in [-0.25, -0.2) is 0 Å². The van der Waals surface area contributed by atoms with Gasteiger partial charge in [0.2, 0.25) is 0 Å². The van der Waals surface area contributed by atoms with Gasteiger partial charge in [-0.15, -0.1) is 0 Å². The molecule has 2 fully saturated rings. The van der Waals surface area contributed by atoms with Crippen LogP contribution in [0.3, 0.4) is 0 Å². The molecule has 2 rings (SSSR count). The Morgan fingerprint density at radius 3 is 2.88 bits per heavy atom. The van der Waals surface area contributed by atoms with E-state index in [9.17, 15) is 5.11 Å². The molecule has 16 heavy (non-hydrogen) atoms. The van der Waals surface area contributed by atoms with Crippen molar-refractivity contribution in [2.75, 3.05) is 26.4 Å². The Bertz CT molecular complexity index is 191. The van der Waals surface area contributed by atoms with E-state index < -0.39 is 0 Å². The number of aliphatic hydroxyl groups is 1. The number of nitrogens with one attached hydrogen (secondary N) is 1. The smallest absolute Gasteiger partial charge is 0.0897 e. The SMILES string of the molecule is OC(CNC1CC1)COCC1CCCCO1. The molecule has 2 N–H and O–H groups in total. The summed E-state index contributed by atoms with van der Waals surface area (Å²) in [5, 5.41) is 12.9. The zero-order valence-corrected chi connectivity index (χ0v) is 9.86. The van der Waals surface area contributed by atoms with Crippen LogP contribution < -0.4 is 5.32 Å². The molecule has 4 nitrogen and oxygen atoms in total. The van der Waals surface area contributed by atoms with Crippen molar-refractivity contribution in [2.45, 2.75) is 50.4 Å². The molecule has 0 radical (unpaired) electrons. The van der Waals surface area contributed by atoms with Crippen LogP contribution >= 0.6 is 0 Å². The normalized spacial score (nSPS) is 27.9. The van der Waals surface area contributed by atoms with Crippen LogP contribution in [-0.2, 0) is 9.47 Å². The van der Waals surface area contributed by atoms with Crippen LogP contribution in [0.4, 0.5) is 0 Å². The Hall–Kier alpha value is -0.160. The Balaban J connectivity index is 1.45. The van der Waals surface area contributed by atoms with Crippen LogP contribution in [0.5, 0.6) is 0 Å². The lowest BCUT2D eigenvalue weighted by molar-refractivity contribution is -0.0565. The number of rotatable bonds is 7. The maximum atomic E-state index is 9.63. The largest absolute Gasteiger partial charge is 0.389 e. The van der Waals surface area contributed by atoms with E-state index in [1.165, 1.54) is 25.7 Å². The van der Waals surface area contributed by atoms with Gasteiger partial charge in [0.25, 0.3) is 0 Å². The molecule has 2 aliphatic rings. The predicted molar refractivity (Wildman–Crippen MR) is 61.4 cm³/mol. The lowest BCUT2D eigenvalue weighted by Gasteiger charge is -2.23. The number of hydrogen-bond donors (Lipinski definition) is 2. The number of ether oxygens (including phenoxy) is 2. The quantitative estimate of drug-likeness (QED) is 0.674. The van der Waals surface area contributed by atoms with Crippen LogP contribution in [0, 0.1) is 0 Å². The predicted octanol–water partition coefficient (Wildman–Crippen LogP) is 0.685. The van der Waals surface area contributed by atoms with Gasteiger partial charge in [0.15, 0.2) is 0 Å². The van der Waals surface area contributed by atoms with Gasteiger partial charge in [-0.05, 0) is 32.1 Å². The van der Waals surface area contributed by atoms with Crippen LogP contribution in [0.15, 0.2) is 0 Å². The molecule has 0 bridgehead atoms. The van der Waals surface area contributed by atoms with Crippen LogP contribution in [0.1, 0.15) is 32.1 Å². The zero-order chi connectivity index (χ0) is 11.2. The summed E-state index contributed by atoms with van der Waals surface area (Å²) in [5.41, 5.74) is 0. The molecule has 0 spiro atoms. The average Bonchev–Trinajstić information content (AvgIpc) is 3.12. The van der Waals surface area contributed by atoms with E-state index >= 15 is 0 Å². The molecule has 1 saturated heterocycles. The highest BCUT2D eigenvalue weighted by atomic mass is 16.5. The summed E-state index contributed by atoms with van der Waals surface area (Å²) >= 11 is 0. The van der Waals surface area contributed by atoms with Crippen LogP contribution in [0.2, 0.25) is 0 Å². The van der Waals surface area contributed by atoms with E-state index in [-0.39, 0.29) is 12.2 Å². The van der Waals surface area contributed by atoms with Crippen LogP contribution in [-0.4, -0.2) is 49.7 Å². The van der Waals surface area contributed by atoms with Gasteiger partial charge in [0.1, 0.15) is 0 Å². The van der Waals surface area contributed by atoms with Gasteiger partial charge in [0, 0.05) is 19.2 Å². The maximum absolute atomic E-state index is 9.63. The lowest BCUT2D eigenvalue weighted by Crippen LogP contribution is -2.33. The van der Waals surface area contributed by atoms with E-state index in [4.69, 9.17) is 9.47 Å². The lowest BCUT2D eigenvalue weighted by atomic mass is 10.1. The van der Waals surface area contributed by atoms with Gasteiger partial charge in [-0.3, -0.25) is 0 Å². The Kier molecular flexibility index (Phi) is 5.03. The molecule has 2 atom stereocenters. The second-order valence-electron chi connectivity index (χ2n) is 4.86. The summed E-state index contributed by atoms with van der Waals surface area (Å²) in [5.74, 6) is 0. The third kappa shape index (κ3) is 4.78. The standard InChI is InChI=1S/C12H23NO3/c14-11(7-13-10-4-5-10)8-15-9-12-3-1-2-6-16-12/h10-14H,1-9H2. The molecule has 1 saturated carbocycles. The topological polar surface area (TPSA) is 50.7 Å². The minimum atomic E-state index is -0.385. The summed E-state index contributed by atoms with van der Waals surface area (Å²) in [6.07, 6.45) is 5.87. The number of aliphatic hydroxyl groups excluding tert-OH is 1. The van der Waals surface area contributed by atoms with Crippen molar-refractivity contribution >= 4 is 0 Å². The molecule has 2 unspecified atom stereocenters. The summed E-state index contributed by atoms with van der Waals surface area (Å²) in [7, 11) is 0. The van der Waals surface area contributed by atoms with E-state index in [0.717, 1.165) is 13.0 Å². The van der Waals surface area contributed by atoms with Crippen molar-refractivity contribution in [1.82, 2.24) is 5.32 Å². The monoisotopic (exact) mass is 229 g/mol. The molecule has 0 aromatic rings. The van der Waals surface area contributed by atoms with Crippen molar-refractivity contribution in [3.8, 4) is 0 Å². The molecule has 4 heteroatoms.